The summed E-state index contributed by atoms with van der Waals surface area (Å²) in [4.78, 5) is 19.0. The van der Waals surface area contributed by atoms with Gasteiger partial charge < -0.3 is 10.6 Å². The number of anilines is 1. The SMILES string of the molecule is Nc1ncc(C(=O)N2CCN(CC(F)(F)F)CC2)s1. The third-order valence-corrected chi connectivity index (χ3v) is 3.61. The number of nitrogens with zero attached hydrogens (tertiary/aromatic N) is 3. The summed E-state index contributed by atoms with van der Waals surface area (Å²) in [7, 11) is 0. The third kappa shape index (κ3) is 3.80. The Kier molecular flexibility index (Phi) is 3.95. The van der Waals surface area contributed by atoms with Crippen LogP contribution >= 0.6 is 11.3 Å². The van der Waals surface area contributed by atoms with Crippen molar-refractivity contribution in [2.45, 2.75) is 6.18 Å². The van der Waals surface area contributed by atoms with Gasteiger partial charge in [-0.3, -0.25) is 9.69 Å². The molecule has 5 nitrogen and oxygen atoms in total. The zero-order chi connectivity index (χ0) is 14.0. The Labute approximate surface area is 111 Å². The van der Waals surface area contributed by atoms with Crippen LogP contribution in [0.3, 0.4) is 0 Å². The van der Waals surface area contributed by atoms with Gasteiger partial charge in [0.2, 0.25) is 0 Å². The van der Waals surface area contributed by atoms with Crippen LogP contribution in [0.4, 0.5) is 18.3 Å². The maximum absolute atomic E-state index is 12.2. The Morgan fingerprint density at radius 1 is 1.37 bits per heavy atom. The molecule has 2 rings (SSSR count). The molecule has 2 N–H and O–H groups in total. The first-order valence-corrected chi connectivity index (χ1v) is 6.46. The first kappa shape index (κ1) is 14.1. The highest BCUT2D eigenvalue weighted by molar-refractivity contribution is 7.17. The van der Waals surface area contributed by atoms with Crippen LogP contribution in [0.5, 0.6) is 0 Å². The van der Waals surface area contributed by atoms with Crippen molar-refractivity contribution < 1.29 is 18.0 Å². The van der Waals surface area contributed by atoms with Gasteiger partial charge in [0.05, 0.1) is 12.7 Å². The van der Waals surface area contributed by atoms with Gasteiger partial charge in [-0.15, -0.1) is 0 Å². The molecule has 1 aromatic heterocycles. The number of hydrogen-bond acceptors (Lipinski definition) is 5. The van der Waals surface area contributed by atoms with Crippen molar-refractivity contribution in [3.05, 3.63) is 11.1 Å². The molecule has 0 aliphatic carbocycles. The fourth-order valence-corrected chi connectivity index (χ4v) is 2.56. The summed E-state index contributed by atoms with van der Waals surface area (Å²) in [6, 6.07) is 0. The van der Waals surface area contributed by atoms with E-state index in [2.05, 4.69) is 4.98 Å². The van der Waals surface area contributed by atoms with Gasteiger partial charge in [0.25, 0.3) is 5.91 Å². The third-order valence-electron chi connectivity index (χ3n) is 2.80. The lowest BCUT2D eigenvalue weighted by Crippen LogP contribution is -2.50. The number of rotatable bonds is 2. The first-order valence-electron chi connectivity index (χ1n) is 5.65. The number of piperazine rings is 1. The van der Waals surface area contributed by atoms with E-state index in [0.717, 1.165) is 11.3 Å². The minimum Gasteiger partial charge on any atom is -0.375 e. The lowest BCUT2D eigenvalue weighted by molar-refractivity contribution is -0.148. The van der Waals surface area contributed by atoms with Crippen LogP contribution in [0.15, 0.2) is 6.20 Å². The van der Waals surface area contributed by atoms with E-state index < -0.39 is 12.7 Å². The van der Waals surface area contributed by atoms with Crippen LogP contribution in [0.1, 0.15) is 9.67 Å². The van der Waals surface area contributed by atoms with E-state index in [9.17, 15) is 18.0 Å². The second-order valence-corrected chi connectivity index (χ2v) is 5.31. The van der Waals surface area contributed by atoms with Gasteiger partial charge in [-0.05, 0) is 0 Å². The van der Waals surface area contributed by atoms with Crippen LogP contribution < -0.4 is 5.73 Å². The average Bonchev–Trinajstić information content (AvgIpc) is 2.74. The standard InChI is InChI=1S/C10H13F3N4OS/c11-10(12,13)6-16-1-3-17(4-2-16)8(18)7-5-15-9(14)19-7/h5H,1-4,6H2,(H2,14,15). The molecular formula is C10H13F3N4OS. The highest BCUT2D eigenvalue weighted by Gasteiger charge is 2.33. The molecule has 9 heteroatoms. The van der Waals surface area contributed by atoms with Gasteiger partial charge in [-0.2, -0.15) is 13.2 Å². The molecule has 1 fully saturated rings. The highest BCUT2D eigenvalue weighted by Crippen LogP contribution is 2.20. The Hall–Kier alpha value is -1.35. The van der Waals surface area contributed by atoms with Gasteiger partial charge in [0, 0.05) is 26.2 Å². The number of alkyl halides is 3. The molecule has 0 spiro atoms. The molecule has 1 aliphatic heterocycles. The molecule has 0 atom stereocenters. The molecule has 1 amide bonds. The van der Waals surface area contributed by atoms with Gasteiger partial charge in [0.15, 0.2) is 5.13 Å². The molecule has 1 saturated heterocycles. The summed E-state index contributed by atoms with van der Waals surface area (Å²) in [5.41, 5.74) is 5.44. The van der Waals surface area contributed by atoms with Crippen molar-refractivity contribution in [2.24, 2.45) is 0 Å². The number of nitrogens with two attached hydrogens (primary N) is 1. The summed E-state index contributed by atoms with van der Waals surface area (Å²) in [5.74, 6) is -0.221. The van der Waals surface area contributed by atoms with Crippen molar-refractivity contribution in [3.8, 4) is 0 Å². The van der Waals surface area contributed by atoms with Gasteiger partial charge in [-0.1, -0.05) is 11.3 Å². The van der Waals surface area contributed by atoms with E-state index in [-0.39, 0.29) is 32.1 Å². The average molecular weight is 294 g/mol. The van der Waals surface area contributed by atoms with E-state index >= 15 is 0 Å². The molecule has 0 unspecified atom stereocenters. The van der Waals surface area contributed by atoms with Gasteiger partial charge >= 0.3 is 6.18 Å². The fourth-order valence-electron chi connectivity index (χ4n) is 1.90. The molecule has 0 bridgehead atoms. The summed E-state index contributed by atoms with van der Waals surface area (Å²) < 4.78 is 36.7. The zero-order valence-electron chi connectivity index (χ0n) is 9.98. The quantitative estimate of drug-likeness (QED) is 0.885. The van der Waals surface area contributed by atoms with Crippen LogP contribution in [-0.4, -0.2) is 59.6 Å². The number of carbonyl (C=O) groups excluding carboxylic acids is 1. The Balaban J connectivity index is 1.88. The maximum atomic E-state index is 12.2. The molecule has 2 heterocycles. The van der Waals surface area contributed by atoms with Crippen molar-refractivity contribution in [1.29, 1.82) is 0 Å². The van der Waals surface area contributed by atoms with E-state index in [0.29, 0.717) is 10.0 Å². The second kappa shape index (κ2) is 5.33. The van der Waals surface area contributed by atoms with E-state index in [4.69, 9.17) is 5.73 Å². The predicted molar refractivity (Wildman–Crippen MR) is 64.9 cm³/mol. The van der Waals surface area contributed by atoms with Crippen molar-refractivity contribution in [3.63, 3.8) is 0 Å². The molecule has 0 radical (unpaired) electrons. The monoisotopic (exact) mass is 294 g/mol. The number of aromatic nitrogens is 1. The summed E-state index contributed by atoms with van der Waals surface area (Å²) in [6.07, 6.45) is -2.80. The maximum Gasteiger partial charge on any atom is 0.401 e. The van der Waals surface area contributed by atoms with Crippen LogP contribution in [-0.2, 0) is 0 Å². The molecule has 1 aromatic rings. The second-order valence-electron chi connectivity index (χ2n) is 4.25. The topological polar surface area (TPSA) is 62.5 Å². The van der Waals surface area contributed by atoms with Crippen LogP contribution in [0.25, 0.3) is 0 Å². The number of thiazole rings is 1. The first-order chi connectivity index (χ1) is 8.85. The predicted octanol–water partition coefficient (Wildman–Crippen LogP) is 1.05. The van der Waals surface area contributed by atoms with Crippen molar-refractivity contribution in [2.75, 3.05) is 38.5 Å². The zero-order valence-corrected chi connectivity index (χ0v) is 10.8. The Bertz CT molecular complexity index is 454. The van der Waals surface area contributed by atoms with E-state index in [1.807, 2.05) is 0 Å². The van der Waals surface area contributed by atoms with Gasteiger partial charge in [0.1, 0.15) is 4.88 Å². The summed E-state index contributed by atoms with van der Waals surface area (Å²) in [5, 5.41) is 0.305. The Morgan fingerprint density at radius 2 is 2.00 bits per heavy atom. The minimum absolute atomic E-state index is 0.221. The fraction of sp³-hybridized carbons (Fsp3) is 0.600. The minimum atomic E-state index is -4.20. The normalized spacial score (nSPS) is 17.7. The van der Waals surface area contributed by atoms with Crippen molar-refractivity contribution in [1.82, 2.24) is 14.8 Å². The molecule has 1 aliphatic rings. The number of hydrogen-bond donors (Lipinski definition) is 1. The molecular weight excluding hydrogens is 281 g/mol. The Morgan fingerprint density at radius 3 is 2.47 bits per heavy atom. The highest BCUT2D eigenvalue weighted by atomic mass is 32.1. The van der Waals surface area contributed by atoms with Crippen molar-refractivity contribution >= 4 is 22.4 Å². The molecule has 106 valence electrons. The summed E-state index contributed by atoms with van der Waals surface area (Å²) >= 11 is 1.08. The number of carbonyl (C=O) groups is 1. The smallest absolute Gasteiger partial charge is 0.375 e. The number of amides is 1. The van der Waals surface area contributed by atoms with Crippen LogP contribution in [0.2, 0.25) is 0 Å². The largest absolute Gasteiger partial charge is 0.401 e. The van der Waals surface area contributed by atoms with Crippen LogP contribution in [0, 0.1) is 0 Å². The molecule has 0 aromatic carbocycles. The number of nitrogen functional groups attached to an aromatic ring is 1. The van der Waals surface area contributed by atoms with Gasteiger partial charge in [-0.25, -0.2) is 4.98 Å². The lowest BCUT2D eigenvalue weighted by Gasteiger charge is -2.34. The van der Waals surface area contributed by atoms with E-state index in [1.54, 1.807) is 0 Å². The lowest BCUT2D eigenvalue weighted by atomic mass is 10.3. The number of halogens is 3. The molecule has 19 heavy (non-hydrogen) atoms. The van der Waals surface area contributed by atoms with E-state index in [1.165, 1.54) is 16.0 Å². The summed E-state index contributed by atoms with van der Waals surface area (Å²) in [6.45, 7) is 0.0844. The molecule has 0 saturated carbocycles.